The summed E-state index contributed by atoms with van der Waals surface area (Å²) in [6.07, 6.45) is 3.82. The molecule has 0 aliphatic carbocycles. The van der Waals surface area contributed by atoms with Crippen LogP contribution in [0, 0.1) is 20.8 Å². The van der Waals surface area contributed by atoms with E-state index in [0.717, 1.165) is 35.0 Å². The van der Waals surface area contributed by atoms with Gasteiger partial charge in [-0.1, -0.05) is 48.0 Å². The summed E-state index contributed by atoms with van der Waals surface area (Å²) in [5, 5.41) is 7.20. The lowest BCUT2D eigenvalue weighted by atomic mass is 9.98. The molecule has 0 atom stereocenters. The average Bonchev–Trinajstić information content (AvgIpc) is 3.26. The van der Waals surface area contributed by atoms with E-state index in [9.17, 15) is 0 Å². The monoisotopic (exact) mass is 455 g/mol. The van der Waals surface area contributed by atoms with E-state index in [-0.39, 0.29) is 0 Å². The van der Waals surface area contributed by atoms with E-state index < -0.39 is 0 Å². The molecule has 0 radical (unpaired) electrons. The Kier molecular flexibility index (Phi) is 7.53. The largest absolute Gasteiger partial charge is 0.494 e. The van der Waals surface area contributed by atoms with Crippen LogP contribution in [0.4, 0.5) is 5.13 Å². The summed E-state index contributed by atoms with van der Waals surface area (Å²) in [6.45, 7) is 7.10. The number of ether oxygens (including phenoxy) is 1. The number of hydrazone groups is 1. The van der Waals surface area contributed by atoms with Crippen LogP contribution >= 0.6 is 11.3 Å². The molecule has 3 aromatic carbocycles. The number of aryl methyl sites for hydroxylation is 4. The zero-order valence-corrected chi connectivity index (χ0v) is 20.2. The highest BCUT2D eigenvalue weighted by Gasteiger charge is 2.10. The van der Waals surface area contributed by atoms with E-state index in [0.29, 0.717) is 6.61 Å². The summed E-state index contributed by atoms with van der Waals surface area (Å²) in [7, 11) is 0. The highest BCUT2D eigenvalue weighted by atomic mass is 32.1. The molecule has 0 spiro atoms. The van der Waals surface area contributed by atoms with Gasteiger partial charge in [0.05, 0.1) is 18.5 Å². The minimum atomic E-state index is 0.705. The molecular weight excluding hydrogens is 426 g/mol. The predicted octanol–water partition coefficient (Wildman–Crippen LogP) is 7.19. The quantitative estimate of drug-likeness (QED) is 0.165. The Bertz CT molecular complexity index is 1190. The Hall–Kier alpha value is -3.44. The predicted molar refractivity (Wildman–Crippen MR) is 140 cm³/mol. The zero-order valence-electron chi connectivity index (χ0n) is 19.3. The Labute approximate surface area is 200 Å². The van der Waals surface area contributed by atoms with Crippen LogP contribution in [0.3, 0.4) is 0 Å². The molecule has 1 N–H and O–H groups in total. The fourth-order valence-electron chi connectivity index (χ4n) is 3.95. The van der Waals surface area contributed by atoms with Gasteiger partial charge in [0, 0.05) is 10.9 Å². The van der Waals surface area contributed by atoms with Crippen molar-refractivity contribution in [1.29, 1.82) is 0 Å². The lowest BCUT2D eigenvalue weighted by Crippen LogP contribution is -1.99. The van der Waals surface area contributed by atoms with Crippen LogP contribution in [-0.2, 0) is 6.42 Å². The molecular formula is C28H29N3OS. The summed E-state index contributed by atoms with van der Waals surface area (Å²) in [5.74, 6) is 0.876. The molecule has 4 rings (SSSR count). The minimum absolute atomic E-state index is 0.705. The van der Waals surface area contributed by atoms with Crippen LogP contribution in [0.2, 0.25) is 0 Å². The molecule has 0 fully saturated rings. The smallest absolute Gasteiger partial charge is 0.203 e. The maximum Gasteiger partial charge on any atom is 0.203 e. The Morgan fingerprint density at radius 2 is 1.70 bits per heavy atom. The van der Waals surface area contributed by atoms with E-state index in [4.69, 9.17) is 9.72 Å². The first kappa shape index (κ1) is 22.7. The number of hydrogen-bond acceptors (Lipinski definition) is 5. The first-order valence-corrected chi connectivity index (χ1v) is 12.1. The SMILES string of the molecule is Cc1cc(C)c(-c2csc(N/N=C\c3ccc(OCCCc4ccccc4)cc3)n2)c(C)c1. The molecule has 0 aliphatic rings. The van der Waals surface area contributed by atoms with Gasteiger partial charge in [0.15, 0.2) is 0 Å². The van der Waals surface area contributed by atoms with Gasteiger partial charge in [-0.2, -0.15) is 5.10 Å². The van der Waals surface area contributed by atoms with Gasteiger partial charge in [0.1, 0.15) is 5.75 Å². The van der Waals surface area contributed by atoms with Gasteiger partial charge in [-0.05, 0) is 80.1 Å². The normalized spacial score (nSPS) is 11.1. The molecule has 4 aromatic rings. The second-order valence-corrected chi connectivity index (χ2v) is 9.05. The van der Waals surface area contributed by atoms with Crippen LogP contribution in [0.1, 0.15) is 34.2 Å². The van der Waals surface area contributed by atoms with Gasteiger partial charge in [-0.25, -0.2) is 4.98 Å². The van der Waals surface area contributed by atoms with E-state index >= 15 is 0 Å². The van der Waals surface area contributed by atoms with Gasteiger partial charge >= 0.3 is 0 Å². The molecule has 0 unspecified atom stereocenters. The maximum absolute atomic E-state index is 5.86. The highest BCUT2D eigenvalue weighted by Crippen LogP contribution is 2.31. The van der Waals surface area contributed by atoms with Crippen molar-refractivity contribution in [1.82, 2.24) is 4.98 Å². The maximum atomic E-state index is 5.86. The third kappa shape index (κ3) is 6.30. The first-order chi connectivity index (χ1) is 16.1. The zero-order chi connectivity index (χ0) is 23.0. The van der Waals surface area contributed by atoms with E-state index in [1.54, 1.807) is 17.6 Å². The standard InChI is InChI=1S/C28H29N3OS/c1-20-16-21(2)27(22(3)17-20)26-19-33-28(30-26)31-29-18-24-11-13-25(14-12-24)32-15-7-10-23-8-5-4-6-9-23/h4-6,8-9,11-14,16-19H,7,10,15H2,1-3H3,(H,30,31)/b29-18-. The van der Waals surface area contributed by atoms with Crippen molar-refractivity contribution in [3.63, 3.8) is 0 Å². The summed E-state index contributed by atoms with van der Waals surface area (Å²) in [6, 6.07) is 22.9. The third-order valence-electron chi connectivity index (χ3n) is 5.41. The van der Waals surface area contributed by atoms with Crippen LogP contribution in [0.25, 0.3) is 11.3 Å². The molecule has 4 nitrogen and oxygen atoms in total. The molecule has 0 amide bonds. The molecule has 0 aliphatic heterocycles. The van der Waals surface area contributed by atoms with Gasteiger partial charge in [-0.3, -0.25) is 5.43 Å². The van der Waals surface area contributed by atoms with Crippen molar-refractivity contribution in [2.75, 3.05) is 12.0 Å². The summed E-state index contributed by atoms with van der Waals surface area (Å²) in [5.41, 5.74) is 11.4. The summed E-state index contributed by atoms with van der Waals surface area (Å²) >= 11 is 1.56. The second kappa shape index (κ2) is 10.9. The van der Waals surface area contributed by atoms with E-state index in [1.165, 1.54) is 27.8 Å². The Morgan fingerprint density at radius 3 is 2.42 bits per heavy atom. The minimum Gasteiger partial charge on any atom is -0.494 e. The second-order valence-electron chi connectivity index (χ2n) is 8.19. The molecule has 1 aromatic heterocycles. The number of hydrogen-bond donors (Lipinski definition) is 1. The number of anilines is 1. The first-order valence-electron chi connectivity index (χ1n) is 11.2. The van der Waals surface area contributed by atoms with Crippen LogP contribution in [0.5, 0.6) is 5.75 Å². The van der Waals surface area contributed by atoms with Gasteiger partial charge < -0.3 is 4.74 Å². The fourth-order valence-corrected chi connectivity index (χ4v) is 4.60. The topological polar surface area (TPSA) is 46.5 Å². The number of nitrogens with one attached hydrogen (secondary N) is 1. The molecule has 0 saturated heterocycles. The Morgan fingerprint density at radius 1 is 0.970 bits per heavy atom. The van der Waals surface area contributed by atoms with Crippen molar-refractivity contribution in [3.05, 3.63) is 99.9 Å². The van der Waals surface area contributed by atoms with Gasteiger partial charge in [0.2, 0.25) is 5.13 Å². The average molecular weight is 456 g/mol. The van der Waals surface area contributed by atoms with Crippen LogP contribution in [-0.4, -0.2) is 17.8 Å². The summed E-state index contributed by atoms with van der Waals surface area (Å²) in [4.78, 5) is 4.71. The van der Waals surface area contributed by atoms with Crippen molar-refractivity contribution in [2.45, 2.75) is 33.6 Å². The van der Waals surface area contributed by atoms with Crippen LogP contribution < -0.4 is 10.2 Å². The number of nitrogens with zero attached hydrogens (tertiary/aromatic N) is 2. The number of thiazole rings is 1. The molecule has 0 saturated carbocycles. The van der Waals surface area contributed by atoms with Gasteiger partial charge in [-0.15, -0.1) is 11.3 Å². The van der Waals surface area contributed by atoms with Crippen molar-refractivity contribution < 1.29 is 4.74 Å². The molecule has 5 heteroatoms. The molecule has 168 valence electrons. The van der Waals surface area contributed by atoms with E-state index in [1.807, 2.05) is 30.3 Å². The molecule has 1 heterocycles. The lowest BCUT2D eigenvalue weighted by Gasteiger charge is -2.08. The summed E-state index contributed by atoms with van der Waals surface area (Å²) < 4.78 is 5.86. The van der Waals surface area contributed by atoms with Crippen molar-refractivity contribution in [3.8, 4) is 17.0 Å². The van der Waals surface area contributed by atoms with Gasteiger partial charge in [0.25, 0.3) is 0 Å². The lowest BCUT2D eigenvalue weighted by molar-refractivity contribution is 0.311. The van der Waals surface area contributed by atoms with Crippen LogP contribution in [0.15, 0.2) is 77.2 Å². The number of benzene rings is 3. The number of rotatable bonds is 9. The Balaban J connectivity index is 1.27. The third-order valence-corrected chi connectivity index (χ3v) is 6.16. The van der Waals surface area contributed by atoms with Crippen molar-refractivity contribution in [2.24, 2.45) is 5.10 Å². The fraction of sp³-hybridized carbons (Fsp3) is 0.214. The van der Waals surface area contributed by atoms with E-state index in [2.05, 4.69) is 73.1 Å². The number of aromatic nitrogens is 1. The molecule has 33 heavy (non-hydrogen) atoms. The molecule has 0 bridgehead atoms. The van der Waals surface area contributed by atoms with Crippen molar-refractivity contribution >= 4 is 22.7 Å². The highest BCUT2D eigenvalue weighted by molar-refractivity contribution is 7.14.